The molecule has 1 amide bonds. The molecule has 0 unspecified atom stereocenters. The number of benzene rings is 2. The van der Waals surface area contributed by atoms with E-state index in [-0.39, 0.29) is 36.9 Å². The van der Waals surface area contributed by atoms with E-state index in [0.29, 0.717) is 5.56 Å². The first-order chi connectivity index (χ1) is 15.6. The molecule has 0 spiro atoms. The standard InChI is InChI=1S/C22H21F4N5O2/c1-31(12-16-6-8-17(9-7-16)33-22(24,25)26)21-19(23)20(29-13-30-21)28-11-15-4-2-14(3-5-15)10-18(27)32/h2-9,13H,10-12H2,1H3,(H2,27,32)(H,28,29,30). The van der Waals surface area contributed by atoms with E-state index in [1.165, 1.54) is 35.5 Å². The topological polar surface area (TPSA) is 93.4 Å². The molecule has 0 aliphatic carbocycles. The third kappa shape index (κ3) is 7.06. The number of carbonyl (C=O) groups excluding carboxylic acids is 1. The van der Waals surface area contributed by atoms with E-state index in [0.717, 1.165) is 11.1 Å². The van der Waals surface area contributed by atoms with Crippen LogP contribution in [-0.4, -0.2) is 29.3 Å². The first-order valence-electron chi connectivity index (χ1n) is 9.77. The lowest BCUT2D eigenvalue weighted by molar-refractivity contribution is -0.274. The van der Waals surface area contributed by atoms with Crippen LogP contribution in [0, 0.1) is 5.82 Å². The minimum absolute atomic E-state index is 0.00184. The maximum Gasteiger partial charge on any atom is 0.573 e. The number of amides is 1. The number of halogens is 4. The van der Waals surface area contributed by atoms with Crippen molar-refractivity contribution in [1.82, 2.24) is 9.97 Å². The Bertz CT molecular complexity index is 1090. The van der Waals surface area contributed by atoms with Crippen molar-refractivity contribution in [3.63, 3.8) is 0 Å². The average Bonchev–Trinajstić information content (AvgIpc) is 2.74. The lowest BCUT2D eigenvalue weighted by Crippen LogP contribution is -2.20. The van der Waals surface area contributed by atoms with E-state index in [4.69, 9.17) is 5.73 Å². The summed E-state index contributed by atoms with van der Waals surface area (Å²) >= 11 is 0. The fraction of sp³-hybridized carbons (Fsp3) is 0.227. The second kappa shape index (κ2) is 10.2. The quantitative estimate of drug-likeness (QED) is 0.469. The van der Waals surface area contributed by atoms with Crippen LogP contribution in [0.5, 0.6) is 5.75 Å². The Morgan fingerprint density at radius 3 is 2.24 bits per heavy atom. The van der Waals surface area contributed by atoms with Gasteiger partial charge in [-0.25, -0.2) is 9.97 Å². The van der Waals surface area contributed by atoms with Crippen molar-refractivity contribution < 1.29 is 27.1 Å². The monoisotopic (exact) mass is 463 g/mol. The summed E-state index contributed by atoms with van der Waals surface area (Å²) in [5, 5.41) is 2.91. The number of hydrogen-bond donors (Lipinski definition) is 2. The molecule has 33 heavy (non-hydrogen) atoms. The number of hydrogen-bond acceptors (Lipinski definition) is 6. The van der Waals surface area contributed by atoms with Gasteiger partial charge in [-0.3, -0.25) is 4.79 Å². The van der Waals surface area contributed by atoms with Gasteiger partial charge in [0.15, 0.2) is 11.6 Å². The molecule has 0 saturated carbocycles. The maximum absolute atomic E-state index is 15.0. The normalized spacial score (nSPS) is 11.2. The zero-order valence-corrected chi connectivity index (χ0v) is 17.6. The van der Waals surface area contributed by atoms with Gasteiger partial charge in [-0.1, -0.05) is 36.4 Å². The number of nitrogens with two attached hydrogens (primary N) is 1. The summed E-state index contributed by atoms with van der Waals surface area (Å²) in [6.07, 6.45) is -3.41. The molecule has 3 rings (SSSR count). The average molecular weight is 463 g/mol. The number of nitrogens with one attached hydrogen (secondary N) is 1. The highest BCUT2D eigenvalue weighted by atomic mass is 19.4. The Morgan fingerprint density at radius 2 is 1.64 bits per heavy atom. The Labute approximate surface area is 187 Å². The maximum atomic E-state index is 15.0. The molecular formula is C22H21F4N5O2. The number of rotatable bonds is 9. The lowest BCUT2D eigenvalue weighted by Gasteiger charge is -2.20. The van der Waals surface area contributed by atoms with Crippen LogP contribution in [0.2, 0.25) is 0 Å². The number of aromatic nitrogens is 2. The molecule has 3 N–H and O–H groups in total. The van der Waals surface area contributed by atoms with Gasteiger partial charge < -0.3 is 20.7 Å². The molecule has 174 valence electrons. The molecule has 1 heterocycles. The summed E-state index contributed by atoms with van der Waals surface area (Å²) in [4.78, 5) is 20.4. The summed E-state index contributed by atoms with van der Waals surface area (Å²) in [5.74, 6) is -1.40. The van der Waals surface area contributed by atoms with Gasteiger partial charge >= 0.3 is 6.36 Å². The molecule has 0 bridgehead atoms. The predicted octanol–water partition coefficient (Wildman–Crippen LogP) is 3.79. The van der Waals surface area contributed by atoms with Crippen molar-refractivity contribution in [2.45, 2.75) is 25.9 Å². The van der Waals surface area contributed by atoms with Gasteiger partial charge in [-0.05, 0) is 28.8 Å². The van der Waals surface area contributed by atoms with E-state index in [1.54, 1.807) is 31.3 Å². The molecule has 0 fully saturated rings. The summed E-state index contributed by atoms with van der Waals surface area (Å²) in [5.41, 5.74) is 7.43. The Morgan fingerprint density at radius 1 is 1.03 bits per heavy atom. The highest BCUT2D eigenvalue weighted by Gasteiger charge is 2.31. The van der Waals surface area contributed by atoms with Crippen LogP contribution in [0.15, 0.2) is 54.9 Å². The van der Waals surface area contributed by atoms with Crippen LogP contribution < -0.4 is 20.7 Å². The SMILES string of the molecule is CN(Cc1ccc(OC(F)(F)F)cc1)c1ncnc(NCc2ccc(CC(N)=O)cc2)c1F. The first-order valence-corrected chi connectivity index (χ1v) is 9.77. The Hall–Kier alpha value is -3.89. The molecule has 0 radical (unpaired) electrons. The van der Waals surface area contributed by atoms with E-state index >= 15 is 0 Å². The summed E-state index contributed by atoms with van der Waals surface area (Å²) < 4.78 is 55.6. The van der Waals surface area contributed by atoms with Crippen LogP contribution in [0.3, 0.4) is 0 Å². The molecule has 0 aliphatic rings. The van der Waals surface area contributed by atoms with Crippen molar-refractivity contribution in [2.75, 3.05) is 17.3 Å². The van der Waals surface area contributed by atoms with Crippen molar-refractivity contribution in [3.05, 3.63) is 77.4 Å². The molecule has 1 aromatic heterocycles. The molecule has 11 heteroatoms. The predicted molar refractivity (Wildman–Crippen MR) is 114 cm³/mol. The smallest absolute Gasteiger partial charge is 0.406 e. The third-order valence-electron chi connectivity index (χ3n) is 4.57. The van der Waals surface area contributed by atoms with Crippen LogP contribution in [0.4, 0.5) is 29.2 Å². The van der Waals surface area contributed by atoms with Gasteiger partial charge in [-0.15, -0.1) is 13.2 Å². The zero-order valence-electron chi connectivity index (χ0n) is 17.6. The molecule has 0 atom stereocenters. The van der Waals surface area contributed by atoms with Gasteiger partial charge in [0.1, 0.15) is 12.1 Å². The first kappa shape index (κ1) is 23.8. The van der Waals surface area contributed by atoms with Crippen LogP contribution in [0.1, 0.15) is 16.7 Å². The van der Waals surface area contributed by atoms with Gasteiger partial charge in [0, 0.05) is 20.1 Å². The molecule has 3 aromatic rings. The Balaban J connectivity index is 1.63. The number of alkyl halides is 3. The summed E-state index contributed by atoms with van der Waals surface area (Å²) in [6, 6.07) is 12.4. The largest absolute Gasteiger partial charge is 0.573 e. The van der Waals surface area contributed by atoms with Gasteiger partial charge in [-0.2, -0.15) is 4.39 Å². The van der Waals surface area contributed by atoms with Crippen molar-refractivity contribution in [3.8, 4) is 5.75 Å². The molecule has 0 aliphatic heterocycles. The molecule has 0 saturated heterocycles. The highest BCUT2D eigenvalue weighted by Crippen LogP contribution is 2.25. The van der Waals surface area contributed by atoms with Gasteiger partial charge in [0.05, 0.1) is 6.42 Å². The summed E-state index contributed by atoms with van der Waals surface area (Å²) in [7, 11) is 1.60. The van der Waals surface area contributed by atoms with Gasteiger partial charge in [0.25, 0.3) is 0 Å². The number of anilines is 2. The molecular weight excluding hydrogens is 442 g/mol. The van der Waals surface area contributed by atoms with Crippen molar-refractivity contribution in [2.24, 2.45) is 5.73 Å². The van der Waals surface area contributed by atoms with E-state index in [1.807, 2.05) is 0 Å². The zero-order chi connectivity index (χ0) is 24.0. The van der Waals surface area contributed by atoms with Crippen LogP contribution in [-0.2, 0) is 24.3 Å². The number of primary amides is 1. The minimum Gasteiger partial charge on any atom is -0.406 e. The number of nitrogens with zero attached hydrogens (tertiary/aromatic N) is 3. The second-order valence-electron chi connectivity index (χ2n) is 7.22. The third-order valence-corrected chi connectivity index (χ3v) is 4.57. The van der Waals surface area contributed by atoms with E-state index in [2.05, 4.69) is 20.0 Å². The highest BCUT2D eigenvalue weighted by molar-refractivity contribution is 5.76. The van der Waals surface area contributed by atoms with E-state index < -0.39 is 18.1 Å². The molecule has 7 nitrogen and oxygen atoms in total. The van der Waals surface area contributed by atoms with E-state index in [9.17, 15) is 22.4 Å². The second-order valence-corrected chi connectivity index (χ2v) is 7.22. The minimum atomic E-state index is -4.77. The lowest BCUT2D eigenvalue weighted by atomic mass is 10.1. The van der Waals surface area contributed by atoms with Crippen molar-refractivity contribution >= 4 is 17.5 Å². The molecule has 2 aromatic carbocycles. The fourth-order valence-electron chi connectivity index (χ4n) is 3.06. The number of ether oxygens (including phenoxy) is 1. The van der Waals surface area contributed by atoms with Crippen molar-refractivity contribution in [1.29, 1.82) is 0 Å². The van der Waals surface area contributed by atoms with Gasteiger partial charge in [0.2, 0.25) is 11.7 Å². The van der Waals surface area contributed by atoms with Crippen LogP contribution >= 0.6 is 0 Å². The Kier molecular flexibility index (Phi) is 7.31. The number of carbonyl (C=O) groups is 1. The summed E-state index contributed by atoms with van der Waals surface area (Å²) in [6.45, 7) is 0.482. The fourth-order valence-corrected chi connectivity index (χ4v) is 3.06. The van der Waals surface area contributed by atoms with Crippen LogP contribution in [0.25, 0.3) is 0 Å².